The first-order chi connectivity index (χ1) is 9.63. The van der Waals surface area contributed by atoms with Crippen molar-refractivity contribution in [2.75, 3.05) is 19.6 Å². The maximum atomic E-state index is 12.7. The molecule has 0 unspecified atom stereocenters. The molecule has 0 aromatic carbocycles. The molecular weight excluding hydrogens is 272 g/mol. The maximum absolute atomic E-state index is 12.7. The highest BCUT2D eigenvalue weighted by Gasteiger charge is 2.26. The fourth-order valence-electron chi connectivity index (χ4n) is 2.60. The Balaban J connectivity index is 2.09. The molecule has 20 heavy (non-hydrogen) atoms. The quantitative estimate of drug-likeness (QED) is 0.902. The van der Waals surface area contributed by atoms with E-state index in [-0.39, 0.29) is 11.9 Å². The molecule has 0 saturated carbocycles. The summed E-state index contributed by atoms with van der Waals surface area (Å²) < 4.78 is 3.94. The Morgan fingerprint density at radius 1 is 1.45 bits per heavy atom. The molecule has 1 aromatic heterocycles. The smallest absolute Gasteiger partial charge is 0.267 e. The number of piperidine rings is 1. The van der Waals surface area contributed by atoms with Gasteiger partial charge in [-0.25, -0.2) is 0 Å². The molecule has 0 aliphatic carbocycles. The van der Waals surface area contributed by atoms with Gasteiger partial charge in [-0.2, -0.15) is 0 Å². The average molecular weight is 296 g/mol. The zero-order chi connectivity index (χ0) is 14.5. The highest BCUT2D eigenvalue weighted by Crippen LogP contribution is 2.20. The lowest BCUT2D eigenvalue weighted by molar-refractivity contribution is 0.0661. The second kappa shape index (κ2) is 7.13. The highest BCUT2D eigenvalue weighted by atomic mass is 32.1. The molecule has 0 bridgehead atoms. The molecule has 1 amide bonds. The standard InChI is InChI=1S/C14H24N4OS/c1-4-12-13(20-17-16-12)14(19)18(10(2)3)9-11-5-7-15-8-6-11/h10-11,15H,4-9H2,1-3H3. The molecule has 1 N–H and O–H groups in total. The first-order valence-corrected chi connectivity index (χ1v) is 8.23. The molecule has 6 heteroatoms. The summed E-state index contributed by atoms with van der Waals surface area (Å²) in [5.41, 5.74) is 0.830. The molecule has 1 saturated heterocycles. The van der Waals surface area contributed by atoms with E-state index < -0.39 is 0 Å². The van der Waals surface area contributed by atoms with Gasteiger partial charge in [0.1, 0.15) is 4.88 Å². The number of carbonyl (C=O) groups excluding carboxylic acids is 1. The summed E-state index contributed by atoms with van der Waals surface area (Å²) in [6.45, 7) is 9.15. The third-order valence-corrected chi connectivity index (χ3v) is 4.64. The number of rotatable bonds is 5. The molecule has 2 rings (SSSR count). The number of hydrogen-bond acceptors (Lipinski definition) is 5. The topological polar surface area (TPSA) is 58.1 Å². The summed E-state index contributed by atoms with van der Waals surface area (Å²) >= 11 is 1.23. The molecular formula is C14H24N4OS. The van der Waals surface area contributed by atoms with Crippen LogP contribution >= 0.6 is 11.5 Å². The zero-order valence-electron chi connectivity index (χ0n) is 12.6. The van der Waals surface area contributed by atoms with Crippen LogP contribution in [0.3, 0.4) is 0 Å². The maximum Gasteiger partial charge on any atom is 0.267 e. The Kier molecular flexibility index (Phi) is 5.48. The summed E-state index contributed by atoms with van der Waals surface area (Å²) in [6, 6.07) is 0.212. The van der Waals surface area contributed by atoms with Gasteiger partial charge in [-0.3, -0.25) is 4.79 Å². The predicted octanol–water partition coefficient (Wildman–Crippen LogP) is 1.95. The molecule has 1 fully saturated rings. The Labute approximate surface area is 124 Å². The Morgan fingerprint density at radius 2 is 2.15 bits per heavy atom. The lowest BCUT2D eigenvalue weighted by atomic mass is 9.97. The Hall–Kier alpha value is -1.01. The van der Waals surface area contributed by atoms with Crippen LogP contribution in [0.2, 0.25) is 0 Å². The van der Waals surface area contributed by atoms with Gasteiger partial charge in [0.15, 0.2) is 0 Å². The van der Waals surface area contributed by atoms with Crippen molar-refractivity contribution < 1.29 is 4.79 Å². The minimum Gasteiger partial charge on any atom is -0.335 e. The summed E-state index contributed by atoms with van der Waals surface area (Å²) in [7, 11) is 0. The molecule has 112 valence electrons. The van der Waals surface area contributed by atoms with Gasteiger partial charge < -0.3 is 10.2 Å². The van der Waals surface area contributed by atoms with Crippen LogP contribution in [0, 0.1) is 5.92 Å². The number of aryl methyl sites for hydroxylation is 1. The Morgan fingerprint density at radius 3 is 2.75 bits per heavy atom. The van der Waals surface area contributed by atoms with Crippen molar-refractivity contribution in [2.45, 2.75) is 46.1 Å². The van der Waals surface area contributed by atoms with Crippen LogP contribution in [0.4, 0.5) is 0 Å². The third-order valence-electron chi connectivity index (χ3n) is 3.88. The van der Waals surface area contributed by atoms with Crippen molar-refractivity contribution in [1.29, 1.82) is 0 Å². The SMILES string of the molecule is CCc1nnsc1C(=O)N(CC1CCNCC1)C(C)C. The predicted molar refractivity (Wildman–Crippen MR) is 81.1 cm³/mol. The first kappa shape index (κ1) is 15.4. The highest BCUT2D eigenvalue weighted by molar-refractivity contribution is 7.08. The van der Waals surface area contributed by atoms with E-state index in [0.29, 0.717) is 5.92 Å². The second-order valence-corrected chi connectivity index (χ2v) is 6.40. The van der Waals surface area contributed by atoms with Crippen molar-refractivity contribution in [3.63, 3.8) is 0 Å². The zero-order valence-corrected chi connectivity index (χ0v) is 13.4. The number of aromatic nitrogens is 2. The van der Waals surface area contributed by atoms with Crippen LogP contribution in [0.5, 0.6) is 0 Å². The molecule has 5 nitrogen and oxygen atoms in total. The van der Waals surface area contributed by atoms with E-state index in [1.165, 1.54) is 11.5 Å². The third kappa shape index (κ3) is 3.55. The van der Waals surface area contributed by atoms with Crippen LogP contribution in [-0.2, 0) is 6.42 Å². The molecule has 1 aliphatic rings. The fourth-order valence-corrected chi connectivity index (χ4v) is 3.31. The second-order valence-electron chi connectivity index (χ2n) is 5.65. The van der Waals surface area contributed by atoms with Gasteiger partial charge in [0.2, 0.25) is 0 Å². The summed E-state index contributed by atoms with van der Waals surface area (Å²) in [5, 5.41) is 7.43. The largest absolute Gasteiger partial charge is 0.335 e. The minimum absolute atomic E-state index is 0.102. The molecule has 0 radical (unpaired) electrons. The summed E-state index contributed by atoms with van der Waals surface area (Å²) in [4.78, 5) is 15.4. The van der Waals surface area contributed by atoms with Crippen molar-refractivity contribution in [1.82, 2.24) is 19.8 Å². The monoisotopic (exact) mass is 296 g/mol. The van der Waals surface area contributed by atoms with Gasteiger partial charge in [0.25, 0.3) is 5.91 Å². The van der Waals surface area contributed by atoms with Gasteiger partial charge in [-0.05, 0) is 63.6 Å². The van der Waals surface area contributed by atoms with Crippen molar-refractivity contribution >= 4 is 17.4 Å². The van der Waals surface area contributed by atoms with Gasteiger partial charge >= 0.3 is 0 Å². The van der Waals surface area contributed by atoms with E-state index in [1.807, 2.05) is 11.8 Å². The van der Waals surface area contributed by atoms with Crippen LogP contribution < -0.4 is 5.32 Å². The van der Waals surface area contributed by atoms with E-state index in [9.17, 15) is 4.79 Å². The van der Waals surface area contributed by atoms with Gasteiger partial charge in [-0.15, -0.1) is 5.10 Å². The summed E-state index contributed by atoms with van der Waals surface area (Å²) in [5.74, 6) is 0.707. The lowest BCUT2D eigenvalue weighted by Crippen LogP contribution is -2.43. The van der Waals surface area contributed by atoms with Crippen LogP contribution in [-0.4, -0.2) is 46.1 Å². The van der Waals surface area contributed by atoms with E-state index in [2.05, 4.69) is 28.8 Å². The number of nitrogens with one attached hydrogen (secondary N) is 1. The van der Waals surface area contributed by atoms with Gasteiger partial charge in [-0.1, -0.05) is 11.4 Å². The van der Waals surface area contributed by atoms with Gasteiger partial charge in [0, 0.05) is 12.6 Å². The molecule has 2 heterocycles. The van der Waals surface area contributed by atoms with Crippen molar-refractivity contribution in [2.24, 2.45) is 5.92 Å². The van der Waals surface area contributed by atoms with Crippen LogP contribution in [0.1, 0.15) is 49.0 Å². The fraction of sp³-hybridized carbons (Fsp3) is 0.786. The number of carbonyl (C=O) groups is 1. The lowest BCUT2D eigenvalue weighted by Gasteiger charge is -2.32. The average Bonchev–Trinajstić information content (AvgIpc) is 2.93. The first-order valence-electron chi connectivity index (χ1n) is 7.46. The van der Waals surface area contributed by atoms with Crippen LogP contribution in [0.25, 0.3) is 0 Å². The number of hydrogen-bond donors (Lipinski definition) is 1. The van der Waals surface area contributed by atoms with E-state index in [0.717, 1.165) is 49.5 Å². The molecule has 1 aromatic rings. The summed E-state index contributed by atoms with van der Waals surface area (Å²) in [6.07, 6.45) is 3.06. The number of nitrogens with zero attached hydrogens (tertiary/aromatic N) is 3. The van der Waals surface area contributed by atoms with E-state index >= 15 is 0 Å². The number of amides is 1. The van der Waals surface area contributed by atoms with Gasteiger partial charge in [0.05, 0.1) is 5.69 Å². The van der Waals surface area contributed by atoms with E-state index in [4.69, 9.17) is 0 Å². The van der Waals surface area contributed by atoms with Crippen LogP contribution in [0.15, 0.2) is 0 Å². The van der Waals surface area contributed by atoms with Crippen molar-refractivity contribution in [3.8, 4) is 0 Å². The van der Waals surface area contributed by atoms with E-state index in [1.54, 1.807) is 0 Å². The normalized spacial score (nSPS) is 16.6. The Bertz CT molecular complexity index is 440. The molecule has 1 aliphatic heterocycles. The molecule has 0 spiro atoms. The van der Waals surface area contributed by atoms with Crippen molar-refractivity contribution in [3.05, 3.63) is 10.6 Å². The molecule has 0 atom stereocenters. The minimum atomic E-state index is 0.102.